The number of guanidine groups is 1. The number of aliphatic imine (C=N–C) groups is 1. The fraction of sp³-hybridized carbons (Fsp3) is 0.944. The van der Waals surface area contributed by atoms with Crippen LogP contribution < -0.4 is 5.32 Å². The van der Waals surface area contributed by atoms with Crippen LogP contribution in [0.2, 0.25) is 0 Å². The minimum absolute atomic E-state index is 0.0349. The molecule has 10 heteroatoms. The Hall–Kier alpha value is -0.940. The van der Waals surface area contributed by atoms with Gasteiger partial charge in [-0.3, -0.25) is 4.99 Å². The molecular formula is C18H39N5O4S. The molecule has 1 saturated heterocycles. The molecule has 0 spiro atoms. The van der Waals surface area contributed by atoms with Crippen LogP contribution >= 0.6 is 0 Å². The molecule has 0 saturated carbocycles. The van der Waals surface area contributed by atoms with Crippen LogP contribution in [0.3, 0.4) is 0 Å². The van der Waals surface area contributed by atoms with Crippen molar-refractivity contribution in [2.24, 2.45) is 4.99 Å². The van der Waals surface area contributed by atoms with Gasteiger partial charge < -0.3 is 24.6 Å². The van der Waals surface area contributed by atoms with E-state index < -0.39 is 10.0 Å². The molecule has 0 amide bonds. The molecule has 0 aromatic rings. The summed E-state index contributed by atoms with van der Waals surface area (Å²) in [5.41, 5.74) is 0. The molecule has 0 atom stereocenters. The Bertz CT molecular complexity index is 548. The van der Waals surface area contributed by atoms with Gasteiger partial charge in [-0.15, -0.1) is 0 Å². The first-order valence-electron chi connectivity index (χ1n) is 10.1. The maximum atomic E-state index is 12.5. The van der Waals surface area contributed by atoms with E-state index in [0.29, 0.717) is 39.3 Å². The Morgan fingerprint density at radius 3 is 2.43 bits per heavy atom. The van der Waals surface area contributed by atoms with E-state index in [9.17, 15) is 8.42 Å². The van der Waals surface area contributed by atoms with Gasteiger partial charge in [0.15, 0.2) is 5.96 Å². The average Bonchev–Trinajstić information content (AvgIpc) is 2.65. The monoisotopic (exact) mass is 421 g/mol. The lowest BCUT2D eigenvalue weighted by Crippen LogP contribution is -2.54. The number of methoxy groups -OCH3 is 1. The molecule has 1 rings (SSSR count). The number of piperazine rings is 1. The molecule has 0 aromatic heterocycles. The van der Waals surface area contributed by atoms with E-state index in [1.807, 2.05) is 27.8 Å². The number of nitrogens with one attached hydrogen (secondary N) is 1. The van der Waals surface area contributed by atoms with Crippen molar-refractivity contribution >= 4 is 16.0 Å². The third kappa shape index (κ3) is 9.51. The van der Waals surface area contributed by atoms with Crippen molar-refractivity contribution in [3.05, 3.63) is 0 Å². The molecule has 1 fully saturated rings. The van der Waals surface area contributed by atoms with Gasteiger partial charge in [0.1, 0.15) is 0 Å². The van der Waals surface area contributed by atoms with Crippen LogP contribution in [0.15, 0.2) is 4.99 Å². The molecule has 0 unspecified atom stereocenters. The average molecular weight is 422 g/mol. The lowest BCUT2D eigenvalue weighted by atomic mass is 10.4. The number of rotatable bonds is 12. The van der Waals surface area contributed by atoms with Gasteiger partial charge in [-0.2, -0.15) is 4.31 Å². The van der Waals surface area contributed by atoms with Crippen LogP contribution in [0.1, 0.15) is 20.8 Å². The SMILES string of the molecule is CCNC(=NCCN(C)CCOC)N1CCN(S(=O)(=O)CCOC(C)C)CC1. The molecule has 28 heavy (non-hydrogen) atoms. The Balaban J connectivity index is 2.51. The van der Waals surface area contributed by atoms with Crippen LogP contribution in [0.5, 0.6) is 0 Å². The first-order valence-corrected chi connectivity index (χ1v) is 11.7. The zero-order valence-corrected chi connectivity index (χ0v) is 19.0. The Morgan fingerprint density at radius 1 is 1.18 bits per heavy atom. The fourth-order valence-corrected chi connectivity index (χ4v) is 4.09. The van der Waals surface area contributed by atoms with Crippen molar-refractivity contribution in [3.8, 4) is 0 Å². The third-order valence-corrected chi connectivity index (χ3v) is 6.31. The number of hydrogen-bond donors (Lipinski definition) is 1. The topological polar surface area (TPSA) is 86.7 Å². The molecule has 0 aromatic carbocycles. The normalized spacial score (nSPS) is 17.0. The quantitative estimate of drug-likeness (QED) is 0.348. The smallest absolute Gasteiger partial charge is 0.216 e. The van der Waals surface area contributed by atoms with Crippen molar-refractivity contribution in [1.29, 1.82) is 0 Å². The van der Waals surface area contributed by atoms with E-state index in [-0.39, 0.29) is 18.5 Å². The van der Waals surface area contributed by atoms with Crippen molar-refractivity contribution in [1.82, 2.24) is 19.4 Å². The number of likely N-dealkylation sites (N-methyl/N-ethyl adjacent to an activating group) is 1. The highest BCUT2D eigenvalue weighted by Crippen LogP contribution is 2.09. The van der Waals surface area contributed by atoms with Crippen LogP contribution in [0.4, 0.5) is 0 Å². The van der Waals surface area contributed by atoms with Gasteiger partial charge in [0.2, 0.25) is 10.0 Å². The molecule has 9 nitrogen and oxygen atoms in total. The second-order valence-electron chi connectivity index (χ2n) is 7.15. The highest BCUT2D eigenvalue weighted by atomic mass is 32.2. The molecule has 1 heterocycles. The standard InChI is InChI=1S/C18H39N5O4S/c1-6-19-18(20-7-8-21(4)13-14-26-5)22-9-11-23(12-10-22)28(24,25)16-15-27-17(2)3/h17H,6-16H2,1-5H3,(H,19,20). The highest BCUT2D eigenvalue weighted by Gasteiger charge is 2.28. The van der Waals surface area contributed by atoms with E-state index in [1.54, 1.807) is 11.4 Å². The second kappa shape index (κ2) is 13.3. The van der Waals surface area contributed by atoms with Crippen molar-refractivity contribution in [3.63, 3.8) is 0 Å². The van der Waals surface area contributed by atoms with Gasteiger partial charge in [0.25, 0.3) is 0 Å². The minimum Gasteiger partial charge on any atom is -0.383 e. The van der Waals surface area contributed by atoms with Crippen LogP contribution in [0.25, 0.3) is 0 Å². The number of hydrogen-bond acceptors (Lipinski definition) is 6. The summed E-state index contributed by atoms with van der Waals surface area (Å²) in [4.78, 5) is 9.02. The predicted molar refractivity (Wildman–Crippen MR) is 113 cm³/mol. The summed E-state index contributed by atoms with van der Waals surface area (Å²) < 4.78 is 37.0. The molecule has 1 N–H and O–H groups in total. The Morgan fingerprint density at radius 2 is 1.86 bits per heavy atom. The molecule has 0 aliphatic carbocycles. The lowest BCUT2D eigenvalue weighted by Gasteiger charge is -2.36. The lowest BCUT2D eigenvalue weighted by molar-refractivity contribution is 0.0904. The molecule has 0 bridgehead atoms. The van der Waals surface area contributed by atoms with E-state index in [0.717, 1.165) is 25.6 Å². The summed E-state index contributed by atoms with van der Waals surface area (Å²) in [6.07, 6.45) is 0.0412. The number of sulfonamides is 1. The summed E-state index contributed by atoms with van der Waals surface area (Å²) in [6, 6.07) is 0. The van der Waals surface area contributed by atoms with Crippen LogP contribution in [-0.2, 0) is 19.5 Å². The van der Waals surface area contributed by atoms with Gasteiger partial charge in [-0.05, 0) is 27.8 Å². The Kier molecular flexibility index (Phi) is 11.9. The van der Waals surface area contributed by atoms with Crippen molar-refractivity contribution in [2.45, 2.75) is 26.9 Å². The fourth-order valence-electron chi connectivity index (χ4n) is 2.81. The zero-order valence-electron chi connectivity index (χ0n) is 18.2. The largest absolute Gasteiger partial charge is 0.383 e. The minimum atomic E-state index is -3.27. The van der Waals surface area contributed by atoms with Crippen LogP contribution in [0, 0.1) is 0 Å². The van der Waals surface area contributed by atoms with Gasteiger partial charge in [-0.25, -0.2) is 8.42 Å². The predicted octanol–water partition coefficient (Wildman–Crippen LogP) is -0.0975. The zero-order chi connectivity index (χ0) is 21.0. The van der Waals surface area contributed by atoms with Crippen molar-refractivity contribution in [2.75, 3.05) is 85.5 Å². The van der Waals surface area contributed by atoms with E-state index in [1.165, 1.54) is 0 Å². The highest BCUT2D eigenvalue weighted by molar-refractivity contribution is 7.89. The second-order valence-corrected chi connectivity index (χ2v) is 9.24. The number of nitrogens with zero attached hydrogens (tertiary/aromatic N) is 4. The van der Waals surface area contributed by atoms with Gasteiger partial charge in [0.05, 0.1) is 31.6 Å². The third-order valence-electron chi connectivity index (χ3n) is 4.48. The summed E-state index contributed by atoms with van der Waals surface area (Å²) in [7, 11) is 0.476. The number of ether oxygens (including phenoxy) is 2. The summed E-state index contributed by atoms with van der Waals surface area (Å²) in [5.74, 6) is 0.885. The van der Waals surface area contributed by atoms with E-state index >= 15 is 0 Å². The summed E-state index contributed by atoms with van der Waals surface area (Å²) >= 11 is 0. The van der Waals surface area contributed by atoms with Gasteiger partial charge in [0, 0.05) is 52.9 Å². The molecule has 1 aliphatic heterocycles. The van der Waals surface area contributed by atoms with E-state index in [4.69, 9.17) is 14.5 Å². The van der Waals surface area contributed by atoms with E-state index in [2.05, 4.69) is 15.1 Å². The maximum absolute atomic E-state index is 12.5. The molecule has 0 radical (unpaired) electrons. The molecular weight excluding hydrogens is 382 g/mol. The van der Waals surface area contributed by atoms with Gasteiger partial charge in [-0.1, -0.05) is 0 Å². The first-order chi connectivity index (χ1) is 13.3. The maximum Gasteiger partial charge on any atom is 0.216 e. The molecule has 1 aliphatic rings. The Labute approximate surface area is 171 Å². The van der Waals surface area contributed by atoms with Crippen molar-refractivity contribution < 1.29 is 17.9 Å². The van der Waals surface area contributed by atoms with Crippen LogP contribution in [-0.4, -0.2) is 120 Å². The first kappa shape index (κ1) is 25.1. The summed E-state index contributed by atoms with van der Waals surface area (Å²) in [6.45, 7) is 12.2. The molecule has 166 valence electrons. The summed E-state index contributed by atoms with van der Waals surface area (Å²) in [5, 5.41) is 3.31. The van der Waals surface area contributed by atoms with Gasteiger partial charge >= 0.3 is 0 Å².